The van der Waals surface area contributed by atoms with Gasteiger partial charge in [-0.1, -0.05) is 54.6 Å². The van der Waals surface area contributed by atoms with Crippen LogP contribution in [-0.4, -0.2) is 41.6 Å². The van der Waals surface area contributed by atoms with Gasteiger partial charge >= 0.3 is 5.97 Å². The van der Waals surface area contributed by atoms with Gasteiger partial charge < -0.3 is 14.7 Å². The maximum Gasteiger partial charge on any atom is 0.341 e. The van der Waals surface area contributed by atoms with Crippen LogP contribution in [0.3, 0.4) is 0 Å². The molecule has 0 radical (unpaired) electrons. The van der Waals surface area contributed by atoms with Crippen molar-refractivity contribution in [3.8, 4) is 5.75 Å². The number of carbonyl (C=O) groups excluding carboxylic acids is 1. The van der Waals surface area contributed by atoms with Gasteiger partial charge in [0.05, 0.1) is 0 Å². The Bertz CT molecular complexity index is 1100. The molecular weight excluding hydrogens is 366 g/mol. The van der Waals surface area contributed by atoms with Crippen LogP contribution in [0.1, 0.15) is 22.3 Å². The summed E-state index contributed by atoms with van der Waals surface area (Å²) in [6.45, 7) is 0.732. The maximum absolute atomic E-state index is 12.9. The minimum Gasteiger partial charge on any atom is -0.481 e. The first-order valence-electron chi connectivity index (χ1n) is 9.53. The summed E-state index contributed by atoms with van der Waals surface area (Å²) in [4.78, 5) is 25.6. The van der Waals surface area contributed by atoms with Crippen molar-refractivity contribution in [3.05, 3.63) is 83.9 Å². The molecule has 4 rings (SSSR count). The van der Waals surface area contributed by atoms with E-state index in [9.17, 15) is 9.59 Å². The van der Waals surface area contributed by atoms with E-state index < -0.39 is 5.97 Å². The molecule has 5 nitrogen and oxygen atoms in total. The lowest BCUT2D eigenvalue weighted by Crippen LogP contribution is -2.34. The normalized spacial score (nSPS) is 13.8. The van der Waals surface area contributed by atoms with Gasteiger partial charge in [-0.15, -0.1) is 0 Å². The Morgan fingerprint density at radius 3 is 2.48 bits per heavy atom. The fourth-order valence-electron chi connectivity index (χ4n) is 3.60. The van der Waals surface area contributed by atoms with Gasteiger partial charge in [0.25, 0.3) is 5.91 Å². The minimum atomic E-state index is -1.01. The highest BCUT2D eigenvalue weighted by molar-refractivity contribution is 5.99. The van der Waals surface area contributed by atoms with Crippen LogP contribution in [0.2, 0.25) is 0 Å². The number of aliphatic carboxylic acids is 1. The number of carbonyl (C=O) groups is 2. The number of amides is 1. The van der Waals surface area contributed by atoms with Crippen LogP contribution in [-0.2, 0) is 4.79 Å². The Morgan fingerprint density at radius 1 is 0.966 bits per heavy atom. The zero-order valence-corrected chi connectivity index (χ0v) is 15.9. The lowest BCUT2D eigenvalue weighted by molar-refractivity contribution is -0.139. The molecular formula is C24H21NO4. The van der Waals surface area contributed by atoms with Crippen LogP contribution in [0.25, 0.3) is 16.3 Å². The van der Waals surface area contributed by atoms with Gasteiger partial charge in [0.2, 0.25) is 0 Å². The molecule has 0 unspecified atom stereocenters. The molecule has 0 fully saturated rings. The van der Waals surface area contributed by atoms with E-state index in [1.54, 1.807) is 6.07 Å². The van der Waals surface area contributed by atoms with Crippen LogP contribution >= 0.6 is 0 Å². The van der Waals surface area contributed by atoms with E-state index in [0.29, 0.717) is 30.8 Å². The Morgan fingerprint density at radius 2 is 1.72 bits per heavy atom. The lowest BCUT2D eigenvalue weighted by Gasteiger charge is -2.27. The van der Waals surface area contributed by atoms with Crippen LogP contribution in [0.4, 0.5) is 0 Å². The summed E-state index contributed by atoms with van der Waals surface area (Å²) < 4.78 is 5.42. The van der Waals surface area contributed by atoms with Gasteiger partial charge in [-0.25, -0.2) is 4.79 Å². The quantitative estimate of drug-likeness (QED) is 0.711. The first-order chi connectivity index (χ1) is 14.1. The molecule has 0 spiro atoms. The predicted octanol–water partition coefficient (Wildman–Crippen LogP) is 4.23. The Labute approximate surface area is 168 Å². The standard InChI is InChI=1S/C24H21NO4/c26-23(27)16-29-22-8-4-3-7-21(22)18-11-13-25(14-12-18)24(28)20-10-9-17-5-1-2-6-19(17)15-20/h1-11,15H,12-14,16H2,(H,26,27). The third kappa shape index (κ3) is 4.14. The molecule has 1 heterocycles. The monoisotopic (exact) mass is 387 g/mol. The highest BCUT2D eigenvalue weighted by Gasteiger charge is 2.21. The van der Waals surface area contributed by atoms with Crippen molar-refractivity contribution in [2.75, 3.05) is 19.7 Å². The highest BCUT2D eigenvalue weighted by Crippen LogP contribution is 2.30. The van der Waals surface area contributed by atoms with Crippen molar-refractivity contribution < 1.29 is 19.4 Å². The van der Waals surface area contributed by atoms with Crippen LogP contribution in [0, 0.1) is 0 Å². The van der Waals surface area contributed by atoms with Crippen molar-refractivity contribution in [1.29, 1.82) is 0 Å². The number of hydrogen-bond donors (Lipinski definition) is 1. The zero-order valence-electron chi connectivity index (χ0n) is 15.9. The summed E-state index contributed by atoms with van der Waals surface area (Å²) in [7, 11) is 0. The average molecular weight is 387 g/mol. The summed E-state index contributed by atoms with van der Waals surface area (Å²) >= 11 is 0. The number of rotatable bonds is 5. The molecule has 1 aliphatic rings. The summed E-state index contributed by atoms with van der Waals surface area (Å²) in [5, 5.41) is 11.0. The van der Waals surface area contributed by atoms with E-state index in [1.807, 2.05) is 71.6 Å². The fourth-order valence-corrected chi connectivity index (χ4v) is 3.60. The maximum atomic E-state index is 12.9. The van der Waals surface area contributed by atoms with E-state index in [2.05, 4.69) is 0 Å². The topological polar surface area (TPSA) is 66.8 Å². The van der Waals surface area contributed by atoms with Crippen molar-refractivity contribution in [3.63, 3.8) is 0 Å². The van der Waals surface area contributed by atoms with Crippen LogP contribution in [0.15, 0.2) is 72.8 Å². The number of fused-ring (bicyclic) bond motifs is 1. The highest BCUT2D eigenvalue weighted by atomic mass is 16.5. The number of hydrogen-bond acceptors (Lipinski definition) is 3. The predicted molar refractivity (Wildman–Crippen MR) is 112 cm³/mol. The SMILES string of the molecule is O=C(O)COc1ccccc1C1=CCN(C(=O)c2ccc3ccccc3c2)CC1. The molecule has 0 atom stereocenters. The lowest BCUT2D eigenvalue weighted by atomic mass is 9.98. The number of nitrogens with zero attached hydrogens (tertiary/aromatic N) is 1. The number of para-hydroxylation sites is 1. The van der Waals surface area contributed by atoms with Crippen molar-refractivity contribution in [2.45, 2.75) is 6.42 Å². The molecule has 1 N–H and O–H groups in total. The van der Waals surface area contributed by atoms with Crippen LogP contribution in [0.5, 0.6) is 5.75 Å². The van der Waals surface area contributed by atoms with Gasteiger partial charge in [-0.3, -0.25) is 4.79 Å². The van der Waals surface area contributed by atoms with E-state index >= 15 is 0 Å². The molecule has 0 aliphatic carbocycles. The molecule has 0 saturated carbocycles. The summed E-state index contributed by atoms with van der Waals surface area (Å²) in [5.74, 6) is -0.443. The first kappa shape index (κ1) is 18.7. The summed E-state index contributed by atoms with van der Waals surface area (Å²) in [5.41, 5.74) is 2.63. The molecule has 1 aliphatic heterocycles. The van der Waals surface area contributed by atoms with Crippen LogP contribution < -0.4 is 4.74 Å². The second-order valence-corrected chi connectivity index (χ2v) is 6.97. The molecule has 0 aromatic heterocycles. The van der Waals surface area contributed by atoms with Gasteiger partial charge in [0.1, 0.15) is 5.75 Å². The molecule has 3 aromatic rings. The first-order valence-corrected chi connectivity index (χ1v) is 9.53. The largest absolute Gasteiger partial charge is 0.481 e. The molecule has 5 heteroatoms. The van der Waals surface area contributed by atoms with Crippen molar-refractivity contribution in [1.82, 2.24) is 4.90 Å². The molecule has 0 saturated heterocycles. The second-order valence-electron chi connectivity index (χ2n) is 6.97. The third-order valence-electron chi connectivity index (χ3n) is 5.08. The smallest absolute Gasteiger partial charge is 0.341 e. The summed E-state index contributed by atoms with van der Waals surface area (Å²) in [6, 6.07) is 21.2. The molecule has 146 valence electrons. The Kier molecular flexibility index (Phi) is 5.29. The van der Waals surface area contributed by atoms with Crippen molar-refractivity contribution in [2.24, 2.45) is 0 Å². The van der Waals surface area contributed by atoms with Gasteiger partial charge in [-0.05, 0) is 41.0 Å². The third-order valence-corrected chi connectivity index (χ3v) is 5.08. The average Bonchev–Trinajstić information content (AvgIpc) is 2.77. The minimum absolute atomic E-state index is 0.0152. The number of carboxylic acids is 1. The van der Waals surface area contributed by atoms with Gasteiger partial charge in [0.15, 0.2) is 6.61 Å². The van der Waals surface area contributed by atoms with E-state index in [1.165, 1.54) is 0 Å². The van der Waals surface area contributed by atoms with E-state index in [4.69, 9.17) is 9.84 Å². The molecule has 29 heavy (non-hydrogen) atoms. The summed E-state index contributed by atoms with van der Waals surface area (Å²) in [6.07, 6.45) is 2.71. The Hall–Kier alpha value is -3.60. The Balaban J connectivity index is 1.50. The second kappa shape index (κ2) is 8.19. The number of carboxylic acid groups (broad SMARTS) is 1. The molecule has 0 bridgehead atoms. The number of benzene rings is 3. The van der Waals surface area contributed by atoms with Gasteiger partial charge in [-0.2, -0.15) is 0 Å². The van der Waals surface area contributed by atoms with Gasteiger partial charge in [0, 0.05) is 24.2 Å². The van der Waals surface area contributed by atoms with E-state index in [-0.39, 0.29) is 12.5 Å². The molecule has 3 aromatic carbocycles. The zero-order chi connectivity index (χ0) is 20.2. The van der Waals surface area contributed by atoms with Crippen molar-refractivity contribution >= 4 is 28.2 Å². The molecule has 1 amide bonds. The van der Waals surface area contributed by atoms with E-state index in [0.717, 1.165) is 21.9 Å². The number of ether oxygens (including phenoxy) is 1. The fraction of sp³-hybridized carbons (Fsp3) is 0.167.